The zero-order valence-corrected chi connectivity index (χ0v) is 16.5. The standard InChI is InChI=1S/C24H25N3O/c1-23-14-17(15-25)22(28)24(12-6-7-13-24)19(23)11-10-18-20(27(2)26-21(18)23)16-8-4-3-5-9-16/h3-5,8-9,14,19H,6-7,10-13H2,1-2H3. The van der Waals surface area contributed by atoms with Crippen LogP contribution in [0.25, 0.3) is 11.3 Å². The fourth-order valence-electron chi connectivity index (χ4n) is 6.42. The first kappa shape index (κ1) is 17.4. The second kappa shape index (κ2) is 5.91. The molecule has 5 rings (SSSR count). The Labute approximate surface area is 165 Å². The lowest BCUT2D eigenvalue weighted by Crippen LogP contribution is -2.52. The zero-order chi connectivity index (χ0) is 19.5. The number of ketones is 1. The number of carbonyl (C=O) groups excluding carboxylic acids is 1. The Bertz CT molecular complexity index is 1030. The molecule has 0 bridgehead atoms. The molecule has 28 heavy (non-hydrogen) atoms. The van der Waals surface area contributed by atoms with E-state index in [1.807, 2.05) is 23.9 Å². The number of nitrogens with zero attached hydrogens (tertiary/aromatic N) is 3. The molecule has 142 valence electrons. The van der Waals surface area contributed by atoms with Crippen LogP contribution in [0, 0.1) is 22.7 Å². The fraction of sp³-hybridized carbons (Fsp3) is 0.458. The maximum absolute atomic E-state index is 13.3. The van der Waals surface area contributed by atoms with Crippen LogP contribution in [0.4, 0.5) is 0 Å². The second-order valence-corrected chi connectivity index (χ2v) is 8.90. The van der Waals surface area contributed by atoms with Gasteiger partial charge in [0.2, 0.25) is 0 Å². The number of nitriles is 1. The van der Waals surface area contributed by atoms with Gasteiger partial charge in [-0.05, 0) is 31.6 Å². The molecular formula is C24H25N3O. The van der Waals surface area contributed by atoms with Crippen molar-refractivity contribution in [3.05, 3.63) is 53.2 Å². The van der Waals surface area contributed by atoms with E-state index in [0.29, 0.717) is 5.57 Å². The maximum atomic E-state index is 13.3. The minimum atomic E-state index is -0.364. The van der Waals surface area contributed by atoms with Gasteiger partial charge in [-0.3, -0.25) is 9.48 Å². The van der Waals surface area contributed by atoms with Gasteiger partial charge in [0.1, 0.15) is 6.07 Å². The van der Waals surface area contributed by atoms with E-state index in [1.165, 1.54) is 16.8 Å². The van der Waals surface area contributed by atoms with Crippen molar-refractivity contribution in [2.24, 2.45) is 18.4 Å². The predicted octanol–water partition coefficient (Wildman–Crippen LogP) is 4.50. The quantitative estimate of drug-likeness (QED) is 0.741. The highest BCUT2D eigenvalue weighted by molar-refractivity contribution is 6.05. The van der Waals surface area contributed by atoms with Crippen molar-refractivity contribution in [1.82, 2.24) is 9.78 Å². The van der Waals surface area contributed by atoms with Gasteiger partial charge in [0.25, 0.3) is 0 Å². The molecule has 1 heterocycles. The lowest BCUT2D eigenvalue weighted by Gasteiger charge is -2.51. The molecule has 0 N–H and O–H groups in total. The monoisotopic (exact) mass is 371 g/mol. The number of hydrogen-bond acceptors (Lipinski definition) is 3. The third-order valence-electron chi connectivity index (χ3n) is 7.53. The Hall–Kier alpha value is -2.67. The number of hydrogen-bond donors (Lipinski definition) is 0. The van der Waals surface area contributed by atoms with Crippen molar-refractivity contribution in [3.63, 3.8) is 0 Å². The molecule has 2 atom stereocenters. The summed E-state index contributed by atoms with van der Waals surface area (Å²) >= 11 is 0. The van der Waals surface area contributed by atoms with Crippen molar-refractivity contribution < 1.29 is 4.79 Å². The van der Waals surface area contributed by atoms with Crippen LogP contribution in [-0.2, 0) is 23.7 Å². The van der Waals surface area contributed by atoms with E-state index in [-0.39, 0.29) is 22.5 Å². The third kappa shape index (κ3) is 2.11. The highest BCUT2D eigenvalue weighted by Crippen LogP contribution is 2.60. The second-order valence-electron chi connectivity index (χ2n) is 8.90. The van der Waals surface area contributed by atoms with Gasteiger partial charge in [0, 0.05) is 29.0 Å². The summed E-state index contributed by atoms with van der Waals surface area (Å²) in [5.74, 6) is 0.329. The highest BCUT2D eigenvalue weighted by Gasteiger charge is 2.60. The van der Waals surface area contributed by atoms with Crippen LogP contribution in [-0.4, -0.2) is 15.6 Å². The molecule has 1 saturated carbocycles. The number of fused-ring (bicyclic) bond motifs is 4. The number of Topliss-reactive ketones (excluding diaryl/α,β-unsaturated/α-hetero) is 1. The molecule has 2 aromatic rings. The van der Waals surface area contributed by atoms with Crippen LogP contribution in [0.1, 0.15) is 50.3 Å². The van der Waals surface area contributed by atoms with Crippen LogP contribution >= 0.6 is 0 Å². The molecule has 4 nitrogen and oxygen atoms in total. The molecule has 4 heteroatoms. The minimum absolute atomic E-state index is 0.0950. The predicted molar refractivity (Wildman–Crippen MR) is 107 cm³/mol. The summed E-state index contributed by atoms with van der Waals surface area (Å²) in [5.41, 5.74) is 4.31. The Morgan fingerprint density at radius 2 is 1.93 bits per heavy atom. The minimum Gasteiger partial charge on any atom is -0.293 e. The van der Waals surface area contributed by atoms with E-state index in [2.05, 4.69) is 37.3 Å². The van der Waals surface area contributed by atoms with Crippen LogP contribution < -0.4 is 0 Å². The van der Waals surface area contributed by atoms with E-state index in [4.69, 9.17) is 5.10 Å². The zero-order valence-electron chi connectivity index (χ0n) is 16.5. The van der Waals surface area contributed by atoms with Crippen molar-refractivity contribution in [3.8, 4) is 17.3 Å². The number of allylic oxidation sites excluding steroid dienone is 2. The van der Waals surface area contributed by atoms with Crippen molar-refractivity contribution in [1.29, 1.82) is 5.26 Å². The number of carbonyl (C=O) groups is 1. The molecule has 0 aliphatic heterocycles. The van der Waals surface area contributed by atoms with E-state index in [0.717, 1.165) is 44.2 Å². The van der Waals surface area contributed by atoms with Crippen LogP contribution in [0.5, 0.6) is 0 Å². The molecule has 1 aromatic heterocycles. The average Bonchev–Trinajstić information content (AvgIpc) is 3.31. The molecule has 2 unspecified atom stereocenters. The Kier molecular flexibility index (Phi) is 3.68. The number of benzene rings is 1. The van der Waals surface area contributed by atoms with E-state index in [1.54, 1.807) is 0 Å². The van der Waals surface area contributed by atoms with E-state index >= 15 is 0 Å². The lowest BCUT2D eigenvalue weighted by atomic mass is 9.50. The van der Waals surface area contributed by atoms with Gasteiger partial charge in [0.05, 0.1) is 17.0 Å². The summed E-state index contributed by atoms with van der Waals surface area (Å²) in [4.78, 5) is 13.3. The Morgan fingerprint density at radius 3 is 2.61 bits per heavy atom. The van der Waals surface area contributed by atoms with Crippen molar-refractivity contribution in [2.45, 2.75) is 50.9 Å². The van der Waals surface area contributed by atoms with Crippen molar-refractivity contribution >= 4 is 5.78 Å². The first-order valence-electron chi connectivity index (χ1n) is 10.3. The summed E-state index contributed by atoms with van der Waals surface area (Å²) < 4.78 is 1.99. The summed E-state index contributed by atoms with van der Waals surface area (Å²) in [5, 5.41) is 14.7. The first-order chi connectivity index (χ1) is 13.5. The largest absolute Gasteiger partial charge is 0.293 e. The summed E-state index contributed by atoms with van der Waals surface area (Å²) in [6, 6.07) is 12.6. The van der Waals surface area contributed by atoms with Crippen molar-refractivity contribution in [2.75, 3.05) is 0 Å². The highest BCUT2D eigenvalue weighted by atomic mass is 16.1. The van der Waals surface area contributed by atoms with E-state index in [9.17, 15) is 10.1 Å². The Morgan fingerprint density at radius 1 is 1.21 bits per heavy atom. The SMILES string of the molecule is Cn1nc2c(c1-c1ccccc1)CCC1C3(CCCC3)C(=O)C(C#N)=CC21C. The van der Waals surface area contributed by atoms with Crippen LogP contribution in [0.15, 0.2) is 42.0 Å². The molecular weight excluding hydrogens is 346 g/mol. The summed E-state index contributed by atoms with van der Waals surface area (Å²) in [6.07, 6.45) is 7.87. The molecule has 3 aliphatic rings. The molecule has 3 aliphatic carbocycles. The van der Waals surface area contributed by atoms with Gasteiger partial charge in [-0.25, -0.2) is 0 Å². The molecule has 0 radical (unpaired) electrons. The number of aromatic nitrogens is 2. The topological polar surface area (TPSA) is 58.7 Å². The summed E-state index contributed by atoms with van der Waals surface area (Å²) in [6.45, 7) is 2.21. The van der Waals surface area contributed by atoms with Gasteiger partial charge in [-0.1, -0.05) is 56.2 Å². The van der Waals surface area contributed by atoms with Gasteiger partial charge in [-0.15, -0.1) is 0 Å². The smallest absolute Gasteiger partial charge is 0.179 e. The summed E-state index contributed by atoms with van der Waals surface area (Å²) in [7, 11) is 2.01. The van der Waals surface area contributed by atoms with Gasteiger partial charge in [0.15, 0.2) is 5.78 Å². The maximum Gasteiger partial charge on any atom is 0.179 e. The van der Waals surface area contributed by atoms with Crippen LogP contribution in [0.3, 0.4) is 0 Å². The van der Waals surface area contributed by atoms with Gasteiger partial charge >= 0.3 is 0 Å². The number of rotatable bonds is 1. The van der Waals surface area contributed by atoms with Gasteiger partial charge in [-0.2, -0.15) is 10.4 Å². The normalized spacial score (nSPS) is 27.8. The molecule has 0 saturated heterocycles. The average molecular weight is 371 g/mol. The lowest BCUT2D eigenvalue weighted by molar-refractivity contribution is -0.130. The third-order valence-corrected chi connectivity index (χ3v) is 7.53. The Balaban J connectivity index is 1.74. The molecule has 1 aromatic carbocycles. The van der Waals surface area contributed by atoms with E-state index < -0.39 is 0 Å². The van der Waals surface area contributed by atoms with Gasteiger partial charge < -0.3 is 0 Å². The molecule has 1 spiro atoms. The first-order valence-corrected chi connectivity index (χ1v) is 10.3. The number of aryl methyl sites for hydroxylation is 1. The van der Waals surface area contributed by atoms with Crippen LogP contribution in [0.2, 0.25) is 0 Å². The molecule has 0 amide bonds. The molecule has 1 fully saturated rings. The fourth-order valence-corrected chi connectivity index (χ4v) is 6.42.